The van der Waals surface area contributed by atoms with Crippen molar-refractivity contribution in [1.82, 2.24) is 0 Å². The molecule has 0 aliphatic carbocycles. The lowest BCUT2D eigenvalue weighted by atomic mass is 9.86. The number of amides is 1. The van der Waals surface area contributed by atoms with Crippen molar-refractivity contribution < 1.29 is 9.53 Å². The van der Waals surface area contributed by atoms with Gasteiger partial charge in [0.15, 0.2) is 0 Å². The van der Waals surface area contributed by atoms with E-state index in [-0.39, 0.29) is 5.91 Å². The minimum absolute atomic E-state index is 0.0623. The second-order valence-electron chi connectivity index (χ2n) is 5.42. The SMILES string of the molecule is CCCOc1cc(C)ccc1NC(=O)C(C)(CC)CN. The summed E-state index contributed by atoms with van der Waals surface area (Å²) in [5.41, 5.74) is 6.99. The van der Waals surface area contributed by atoms with E-state index in [1.807, 2.05) is 39.0 Å². The van der Waals surface area contributed by atoms with Crippen molar-refractivity contribution in [3.8, 4) is 5.75 Å². The van der Waals surface area contributed by atoms with Crippen molar-refractivity contribution in [2.45, 2.75) is 40.5 Å². The number of benzene rings is 1. The van der Waals surface area contributed by atoms with Gasteiger partial charge in [-0.25, -0.2) is 0 Å². The first-order valence-electron chi connectivity index (χ1n) is 7.21. The molecule has 0 saturated heterocycles. The number of aryl methyl sites for hydroxylation is 1. The Kier molecular flexibility index (Phi) is 6.02. The summed E-state index contributed by atoms with van der Waals surface area (Å²) in [7, 11) is 0. The fourth-order valence-electron chi connectivity index (χ4n) is 1.74. The van der Waals surface area contributed by atoms with E-state index in [9.17, 15) is 4.79 Å². The Hall–Kier alpha value is -1.55. The van der Waals surface area contributed by atoms with Crippen LogP contribution in [0.1, 0.15) is 39.2 Å². The Balaban J connectivity index is 2.93. The Labute approximate surface area is 121 Å². The topological polar surface area (TPSA) is 64.3 Å². The molecule has 0 aliphatic heterocycles. The summed E-state index contributed by atoms with van der Waals surface area (Å²) in [6.45, 7) is 8.86. The van der Waals surface area contributed by atoms with Crippen LogP contribution in [0.25, 0.3) is 0 Å². The average Bonchev–Trinajstić information content (AvgIpc) is 2.46. The van der Waals surface area contributed by atoms with Crippen LogP contribution in [0.15, 0.2) is 18.2 Å². The van der Waals surface area contributed by atoms with E-state index in [1.54, 1.807) is 0 Å². The Morgan fingerprint density at radius 2 is 2.10 bits per heavy atom. The smallest absolute Gasteiger partial charge is 0.231 e. The van der Waals surface area contributed by atoms with Crippen molar-refractivity contribution in [1.29, 1.82) is 0 Å². The number of rotatable bonds is 7. The molecule has 0 saturated carbocycles. The van der Waals surface area contributed by atoms with Crippen molar-refractivity contribution in [2.24, 2.45) is 11.1 Å². The molecule has 0 heterocycles. The molecule has 4 nitrogen and oxygen atoms in total. The Morgan fingerprint density at radius 1 is 1.40 bits per heavy atom. The van der Waals surface area contributed by atoms with Crippen LogP contribution in [-0.4, -0.2) is 19.1 Å². The van der Waals surface area contributed by atoms with E-state index in [4.69, 9.17) is 10.5 Å². The maximum absolute atomic E-state index is 12.4. The van der Waals surface area contributed by atoms with E-state index in [2.05, 4.69) is 12.2 Å². The van der Waals surface area contributed by atoms with Gasteiger partial charge in [-0.3, -0.25) is 4.79 Å². The van der Waals surface area contributed by atoms with Gasteiger partial charge in [0.1, 0.15) is 5.75 Å². The largest absolute Gasteiger partial charge is 0.491 e. The third-order valence-corrected chi connectivity index (χ3v) is 3.63. The summed E-state index contributed by atoms with van der Waals surface area (Å²) in [4.78, 5) is 12.4. The van der Waals surface area contributed by atoms with Crippen LogP contribution in [0, 0.1) is 12.3 Å². The first kappa shape index (κ1) is 16.5. The molecule has 3 N–H and O–H groups in total. The van der Waals surface area contributed by atoms with Gasteiger partial charge < -0.3 is 15.8 Å². The lowest BCUT2D eigenvalue weighted by molar-refractivity contribution is -0.124. The van der Waals surface area contributed by atoms with Crippen LogP contribution >= 0.6 is 0 Å². The van der Waals surface area contributed by atoms with Gasteiger partial charge in [-0.15, -0.1) is 0 Å². The highest BCUT2D eigenvalue weighted by Crippen LogP contribution is 2.29. The van der Waals surface area contributed by atoms with E-state index < -0.39 is 5.41 Å². The molecule has 0 radical (unpaired) electrons. The number of nitrogens with two attached hydrogens (primary N) is 1. The maximum Gasteiger partial charge on any atom is 0.231 e. The normalized spacial score (nSPS) is 13.7. The highest BCUT2D eigenvalue weighted by Gasteiger charge is 2.30. The van der Waals surface area contributed by atoms with Gasteiger partial charge in [0.05, 0.1) is 17.7 Å². The van der Waals surface area contributed by atoms with Gasteiger partial charge in [0.2, 0.25) is 5.91 Å². The predicted octanol–water partition coefficient (Wildman–Crippen LogP) is 3.10. The van der Waals surface area contributed by atoms with Gasteiger partial charge >= 0.3 is 0 Å². The van der Waals surface area contributed by atoms with Gasteiger partial charge in [0, 0.05) is 6.54 Å². The molecule has 0 aromatic heterocycles. The fraction of sp³-hybridized carbons (Fsp3) is 0.562. The third-order valence-electron chi connectivity index (χ3n) is 3.63. The van der Waals surface area contributed by atoms with E-state index in [1.165, 1.54) is 0 Å². The number of hydrogen-bond acceptors (Lipinski definition) is 3. The minimum Gasteiger partial charge on any atom is -0.491 e. The van der Waals surface area contributed by atoms with Gasteiger partial charge in [-0.1, -0.05) is 19.9 Å². The number of nitrogens with one attached hydrogen (secondary N) is 1. The van der Waals surface area contributed by atoms with E-state index >= 15 is 0 Å². The molecule has 112 valence electrons. The molecule has 1 rings (SSSR count). The van der Waals surface area contributed by atoms with E-state index in [0.717, 1.165) is 17.7 Å². The van der Waals surface area contributed by atoms with Crippen LogP contribution in [0.3, 0.4) is 0 Å². The quantitative estimate of drug-likeness (QED) is 0.805. The lowest BCUT2D eigenvalue weighted by Gasteiger charge is -2.25. The number of ether oxygens (including phenoxy) is 1. The molecular weight excluding hydrogens is 252 g/mol. The molecule has 1 aromatic carbocycles. The van der Waals surface area contributed by atoms with Crippen molar-refractivity contribution in [3.63, 3.8) is 0 Å². The van der Waals surface area contributed by atoms with Gasteiger partial charge in [-0.2, -0.15) is 0 Å². The zero-order chi connectivity index (χ0) is 15.2. The monoisotopic (exact) mass is 278 g/mol. The number of anilines is 1. The predicted molar refractivity (Wildman–Crippen MR) is 83.0 cm³/mol. The highest BCUT2D eigenvalue weighted by molar-refractivity contribution is 5.96. The molecule has 1 unspecified atom stereocenters. The molecule has 0 spiro atoms. The van der Waals surface area contributed by atoms with Crippen molar-refractivity contribution in [2.75, 3.05) is 18.5 Å². The zero-order valence-corrected chi connectivity index (χ0v) is 13.0. The Morgan fingerprint density at radius 3 is 2.65 bits per heavy atom. The maximum atomic E-state index is 12.4. The molecule has 0 aliphatic rings. The van der Waals surface area contributed by atoms with Crippen molar-refractivity contribution >= 4 is 11.6 Å². The molecule has 1 atom stereocenters. The second kappa shape index (κ2) is 7.29. The summed E-state index contributed by atoms with van der Waals surface area (Å²) in [5.74, 6) is 0.656. The second-order valence-corrected chi connectivity index (χ2v) is 5.42. The molecule has 0 fully saturated rings. The fourth-order valence-corrected chi connectivity index (χ4v) is 1.74. The van der Waals surface area contributed by atoms with Crippen LogP contribution < -0.4 is 15.8 Å². The summed E-state index contributed by atoms with van der Waals surface area (Å²) in [6.07, 6.45) is 1.63. The number of carbonyl (C=O) groups is 1. The Bertz CT molecular complexity index is 454. The third kappa shape index (κ3) is 3.97. The molecule has 4 heteroatoms. The number of hydrogen-bond donors (Lipinski definition) is 2. The summed E-state index contributed by atoms with van der Waals surface area (Å²) in [5, 5.41) is 2.95. The molecule has 20 heavy (non-hydrogen) atoms. The van der Waals surface area contributed by atoms with E-state index in [0.29, 0.717) is 25.3 Å². The summed E-state index contributed by atoms with van der Waals surface area (Å²) in [6, 6.07) is 5.78. The first-order chi connectivity index (χ1) is 9.46. The molecular formula is C16H26N2O2. The zero-order valence-electron chi connectivity index (χ0n) is 13.0. The summed E-state index contributed by atoms with van der Waals surface area (Å²) < 4.78 is 5.70. The molecule has 0 bridgehead atoms. The summed E-state index contributed by atoms with van der Waals surface area (Å²) >= 11 is 0. The van der Waals surface area contributed by atoms with Crippen LogP contribution in [0.2, 0.25) is 0 Å². The minimum atomic E-state index is -0.549. The van der Waals surface area contributed by atoms with Crippen molar-refractivity contribution in [3.05, 3.63) is 23.8 Å². The van der Waals surface area contributed by atoms with Crippen LogP contribution in [0.4, 0.5) is 5.69 Å². The number of carbonyl (C=O) groups excluding carboxylic acids is 1. The average molecular weight is 278 g/mol. The standard InChI is InChI=1S/C16H26N2O2/c1-5-9-20-14-10-12(3)7-8-13(14)18-15(19)16(4,6-2)11-17/h7-8,10H,5-6,9,11,17H2,1-4H3,(H,18,19). The molecule has 1 aromatic rings. The van der Waals surface area contributed by atoms with Crippen LogP contribution in [-0.2, 0) is 4.79 Å². The van der Waals surface area contributed by atoms with Crippen LogP contribution in [0.5, 0.6) is 5.75 Å². The highest BCUT2D eigenvalue weighted by atomic mass is 16.5. The lowest BCUT2D eigenvalue weighted by Crippen LogP contribution is -2.39. The molecule has 1 amide bonds. The first-order valence-corrected chi connectivity index (χ1v) is 7.21. The van der Waals surface area contributed by atoms with Gasteiger partial charge in [-0.05, 0) is 44.4 Å². The van der Waals surface area contributed by atoms with Gasteiger partial charge in [0.25, 0.3) is 0 Å².